The van der Waals surface area contributed by atoms with Gasteiger partial charge in [-0.25, -0.2) is 22.7 Å². The Bertz CT molecular complexity index is 1210. The Morgan fingerprint density at radius 3 is 2.66 bits per heavy atom. The number of pyridine rings is 1. The third-order valence-corrected chi connectivity index (χ3v) is 7.08. The molecule has 0 saturated carbocycles. The van der Waals surface area contributed by atoms with Crippen LogP contribution in [0, 0.1) is 0 Å². The molecular weight excluding hydrogens is 440 g/mol. The average molecular weight is 466 g/mol. The van der Waals surface area contributed by atoms with Gasteiger partial charge in [0.05, 0.1) is 24.3 Å². The molecular formula is C21H25F2N5O3S. The van der Waals surface area contributed by atoms with E-state index in [9.17, 15) is 17.2 Å². The van der Waals surface area contributed by atoms with Crippen LogP contribution in [0.5, 0.6) is 5.75 Å². The molecule has 3 heterocycles. The summed E-state index contributed by atoms with van der Waals surface area (Å²) in [6.45, 7) is -1.86. The lowest BCUT2D eigenvalue weighted by atomic mass is 9.89. The summed E-state index contributed by atoms with van der Waals surface area (Å²) in [6, 6.07) is 7.15. The Kier molecular flexibility index (Phi) is 6.29. The molecule has 11 heteroatoms. The van der Waals surface area contributed by atoms with Crippen molar-refractivity contribution in [3.05, 3.63) is 47.9 Å². The van der Waals surface area contributed by atoms with E-state index < -0.39 is 16.6 Å². The maximum Gasteiger partial charge on any atom is 0.387 e. The van der Waals surface area contributed by atoms with Gasteiger partial charge in [0.1, 0.15) is 17.1 Å². The van der Waals surface area contributed by atoms with Crippen molar-refractivity contribution in [1.29, 1.82) is 0 Å². The first-order valence-corrected chi connectivity index (χ1v) is 12.1. The summed E-state index contributed by atoms with van der Waals surface area (Å²) in [5.74, 6) is 0.794. The molecule has 1 saturated heterocycles. The number of hydrogen-bond acceptors (Lipinski definition) is 6. The number of nitrogens with one attached hydrogen (secondary N) is 1. The van der Waals surface area contributed by atoms with Crippen molar-refractivity contribution in [2.24, 2.45) is 7.05 Å². The monoisotopic (exact) mass is 465 g/mol. The first kappa shape index (κ1) is 22.4. The molecule has 0 amide bonds. The zero-order valence-electron chi connectivity index (χ0n) is 17.8. The average Bonchev–Trinajstić information content (AvgIpc) is 3.12. The third-order valence-electron chi connectivity index (χ3n) is 5.77. The van der Waals surface area contributed by atoms with E-state index in [1.165, 1.54) is 10.6 Å². The van der Waals surface area contributed by atoms with Gasteiger partial charge in [-0.05, 0) is 30.4 Å². The minimum atomic E-state index is -3.22. The number of alkyl halides is 2. The number of piperidine rings is 1. The zero-order chi connectivity index (χ0) is 22.9. The number of aryl methyl sites for hydroxylation is 1. The number of sulfonamides is 1. The Morgan fingerprint density at radius 1 is 1.22 bits per heavy atom. The summed E-state index contributed by atoms with van der Waals surface area (Å²) >= 11 is 0. The second-order valence-corrected chi connectivity index (χ2v) is 9.93. The highest BCUT2D eigenvalue weighted by molar-refractivity contribution is 7.88. The normalized spacial score (nSPS) is 16.0. The van der Waals surface area contributed by atoms with Crippen molar-refractivity contribution in [2.45, 2.75) is 31.9 Å². The molecule has 0 aliphatic carbocycles. The topological polar surface area (TPSA) is 89.4 Å². The lowest BCUT2D eigenvalue weighted by Gasteiger charge is -2.30. The number of halogens is 2. The molecule has 0 bridgehead atoms. The molecule has 0 radical (unpaired) electrons. The van der Waals surface area contributed by atoms with Gasteiger partial charge in [0.25, 0.3) is 0 Å². The highest BCUT2D eigenvalue weighted by Gasteiger charge is 2.26. The molecule has 0 unspecified atom stereocenters. The van der Waals surface area contributed by atoms with Crippen molar-refractivity contribution in [2.75, 3.05) is 24.7 Å². The Hall–Kier alpha value is -2.79. The van der Waals surface area contributed by atoms with E-state index in [0.29, 0.717) is 37.3 Å². The second kappa shape index (κ2) is 8.99. The van der Waals surface area contributed by atoms with Gasteiger partial charge in [-0.3, -0.25) is 0 Å². The molecule has 1 N–H and O–H groups in total. The smallest absolute Gasteiger partial charge is 0.387 e. The fourth-order valence-electron chi connectivity index (χ4n) is 4.01. The summed E-state index contributed by atoms with van der Waals surface area (Å²) in [7, 11) is -1.34. The number of nitrogens with zero attached hydrogens (tertiary/aromatic N) is 4. The standard InChI is InChI=1S/C21H25F2N5O3S/c1-27-13-26-17-12-25-20(10-18(17)27)24-11-16-4-3-15(9-19(16)31-21(22)23)14-5-7-28(8-6-14)32(2,29)30/h3-4,9-10,12-14,21H,5-8,11H2,1-2H3,(H,24,25). The molecule has 2 aromatic heterocycles. The summed E-state index contributed by atoms with van der Waals surface area (Å²) in [5.41, 5.74) is 3.12. The van der Waals surface area contributed by atoms with Gasteiger partial charge in [-0.15, -0.1) is 0 Å². The summed E-state index contributed by atoms with van der Waals surface area (Å²) in [5, 5.41) is 3.15. The molecule has 1 aliphatic rings. The fourth-order valence-corrected chi connectivity index (χ4v) is 4.88. The zero-order valence-corrected chi connectivity index (χ0v) is 18.6. The highest BCUT2D eigenvalue weighted by atomic mass is 32.2. The van der Waals surface area contributed by atoms with Crippen molar-refractivity contribution in [1.82, 2.24) is 18.8 Å². The van der Waals surface area contributed by atoms with Gasteiger partial charge in [0.15, 0.2) is 0 Å². The van der Waals surface area contributed by atoms with Crippen LogP contribution in [-0.2, 0) is 23.6 Å². The van der Waals surface area contributed by atoms with E-state index in [1.54, 1.807) is 24.7 Å². The number of hydrogen-bond donors (Lipinski definition) is 1. The van der Waals surface area contributed by atoms with Crippen LogP contribution in [0.3, 0.4) is 0 Å². The predicted molar refractivity (Wildman–Crippen MR) is 117 cm³/mol. The first-order valence-electron chi connectivity index (χ1n) is 10.2. The number of ether oxygens (including phenoxy) is 1. The van der Waals surface area contributed by atoms with Crippen molar-refractivity contribution in [3.63, 3.8) is 0 Å². The van der Waals surface area contributed by atoms with E-state index >= 15 is 0 Å². The molecule has 0 spiro atoms. The van der Waals surface area contributed by atoms with Crippen LogP contribution in [-0.4, -0.2) is 53.2 Å². The van der Waals surface area contributed by atoms with E-state index in [2.05, 4.69) is 15.3 Å². The lowest BCUT2D eigenvalue weighted by molar-refractivity contribution is -0.0504. The van der Waals surface area contributed by atoms with Crippen LogP contribution < -0.4 is 10.1 Å². The van der Waals surface area contributed by atoms with Gasteiger partial charge in [-0.2, -0.15) is 8.78 Å². The van der Waals surface area contributed by atoms with Gasteiger partial charge in [-0.1, -0.05) is 12.1 Å². The lowest BCUT2D eigenvalue weighted by Crippen LogP contribution is -2.37. The summed E-state index contributed by atoms with van der Waals surface area (Å²) in [4.78, 5) is 8.54. The molecule has 1 aliphatic heterocycles. The summed E-state index contributed by atoms with van der Waals surface area (Å²) in [6.07, 6.45) is 5.81. The molecule has 32 heavy (non-hydrogen) atoms. The molecule has 1 aromatic carbocycles. The van der Waals surface area contributed by atoms with Crippen LogP contribution >= 0.6 is 0 Å². The van der Waals surface area contributed by atoms with E-state index in [1.807, 2.05) is 23.7 Å². The van der Waals surface area contributed by atoms with Gasteiger partial charge in [0, 0.05) is 38.3 Å². The van der Waals surface area contributed by atoms with Crippen LogP contribution in [0.15, 0.2) is 36.8 Å². The van der Waals surface area contributed by atoms with Crippen LogP contribution in [0.2, 0.25) is 0 Å². The molecule has 8 nitrogen and oxygen atoms in total. The number of fused-ring (bicyclic) bond motifs is 1. The number of rotatable bonds is 7. The summed E-state index contributed by atoms with van der Waals surface area (Å²) < 4.78 is 57.7. The maximum atomic E-state index is 13.1. The largest absolute Gasteiger partial charge is 0.434 e. The minimum absolute atomic E-state index is 0.0870. The molecule has 1 fully saturated rings. The fraction of sp³-hybridized carbons (Fsp3) is 0.429. The molecule has 3 aromatic rings. The quantitative estimate of drug-likeness (QED) is 0.576. The van der Waals surface area contributed by atoms with Crippen LogP contribution in [0.1, 0.15) is 29.9 Å². The molecule has 172 valence electrons. The first-order chi connectivity index (χ1) is 15.2. The Morgan fingerprint density at radius 2 is 1.97 bits per heavy atom. The van der Waals surface area contributed by atoms with Crippen molar-refractivity contribution in [3.8, 4) is 5.75 Å². The second-order valence-electron chi connectivity index (χ2n) is 7.95. The number of aromatic nitrogens is 3. The number of anilines is 1. The number of benzene rings is 1. The molecule has 0 atom stereocenters. The van der Waals surface area contributed by atoms with E-state index in [-0.39, 0.29) is 18.2 Å². The van der Waals surface area contributed by atoms with E-state index in [0.717, 1.165) is 16.6 Å². The predicted octanol–water partition coefficient (Wildman–Crippen LogP) is 3.32. The maximum absolute atomic E-state index is 13.1. The molecule has 4 rings (SSSR count). The van der Waals surface area contributed by atoms with Crippen molar-refractivity contribution < 1.29 is 21.9 Å². The third kappa shape index (κ3) is 4.99. The SMILES string of the molecule is Cn1cnc2cnc(NCc3ccc(C4CCN(S(C)(=O)=O)CC4)cc3OC(F)F)cc21. The van der Waals surface area contributed by atoms with Crippen molar-refractivity contribution >= 4 is 26.9 Å². The van der Waals surface area contributed by atoms with Gasteiger partial charge < -0.3 is 14.6 Å². The van der Waals surface area contributed by atoms with E-state index in [4.69, 9.17) is 4.74 Å². The highest BCUT2D eigenvalue weighted by Crippen LogP contribution is 2.33. The Labute approximate surface area is 185 Å². The van der Waals surface area contributed by atoms with Crippen LogP contribution in [0.25, 0.3) is 11.0 Å². The van der Waals surface area contributed by atoms with Gasteiger partial charge in [0.2, 0.25) is 10.0 Å². The van der Waals surface area contributed by atoms with Crippen LogP contribution in [0.4, 0.5) is 14.6 Å². The van der Waals surface area contributed by atoms with Gasteiger partial charge >= 0.3 is 6.61 Å². The Balaban J connectivity index is 1.50. The number of imidazole rings is 1. The minimum Gasteiger partial charge on any atom is -0.434 e.